The zero-order valence-electron chi connectivity index (χ0n) is 18.4. The average molecular weight is 445 g/mol. The first-order valence-corrected chi connectivity index (χ1v) is 11.0. The number of carbonyl (C=O) groups is 1. The first-order chi connectivity index (χ1) is 15.2. The fourth-order valence-corrected chi connectivity index (χ4v) is 4.13. The van der Waals surface area contributed by atoms with Gasteiger partial charge >= 0.3 is 0 Å². The third kappa shape index (κ3) is 4.38. The molecule has 3 aromatic heterocycles. The molecule has 0 aliphatic carbocycles. The van der Waals surface area contributed by atoms with Crippen molar-refractivity contribution in [3.63, 3.8) is 0 Å². The molecule has 0 aliphatic heterocycles. The minimum atomic E-state index is -0.506. The SMILES string of the molecule is Cn1c(=O)/c(=C\c2cn(-c3ccccc3)nc2-c2cccnc2)s/c1=C\C(=O)C(C)(C)C. The van der Waals surface area contributed by atoms with E-state index in [9.17, 15) is 9.59 Å². The standard InChI is InChI=1S/C25H24N4O2S/c1-25(2,3)21(30)14-22-28(4)24(31)20(32-22)13-18-16-29(19-10-6-5-7-11-19)27-23(18)17-9-8-12-26-15-17/h5-16H,1-4H3/b20-13+,22-14-. The lowest BCUT2D eigenvalue weighted by molar-refractivity contribution is -0.120. The molecule has 0 spiro atoms. The summed E-state index contributed by atoms with van der Waals surface area (Å²) in [5, 5.41) is 4.77. The molecular weight excluding hydrogens is 420 g/mol. The van der Waals surface area contributed by atoms with E-state index in [0.29, 0.717) is 9.20 Å². The predicted molar refractivity (Wildman–Crippen MR) is 128 cm³/mol. The molecule has 162 valence electrons. The van der Waals surface area contributed by atoms with Crippen LogP contribution in [0.4, 0.5) is 0 Å². The van der Waals surface area contributed by atoms with Crippen molar-refractivity contribution in [1.82, 2.24) is 19.3 Å². The molecular formula is C25H24N4O2S. The summed E-state index contributed by atoms with van der Waals surface area (Å²) in [4.78, 5) is 29.6. The number of carbonyl (C=O) groups excluding carboxylic acids is 1. The highest BCUT2D eigenvalue weighted by Gasteiger charge is 2.19. The highest BCUT2D eigenvalue weighted by molar-refractivity contribution is 7.07. The van der Waals surface area contributed by atoms with Gasteiger partial charge in [-0.25, -0.2) is 4.68 Å². The van der Waals surface area contributed by atoms with Gasteiger partial charge in [0.05, 0.1) is 10.2 Å². The molecule has 1 aromatic carbocycles. The van der Waals surface area contributed by atoms with E-state index < -0.39 is 5.41 Å². The molecule has 32 heavy (non-hydrogen) atoms. The lowest BCUT2D eigenvalue weighted by Gasteiger charge is -2.12. The minimum absolute atomic E-state index is 0.0196. The quantitative estimate of drug-likeness (QED) is 0.485. The topological polar surface area (TPSA) is 69.8 Å². The van der Waals surface area contributed by atoms with Crippen LogP contribution in [-0.2, 0) is 11.8 Å². The van der Waals surface area contributed by atoms with Gasteiger partial charge in [-0.2, -0.15) is 5.10 Å². The molecule has 0 fully saturated rings. The van der Waals surface area contributed by atoms with Crippen LogP contribution >= 0.6 is 11.3 Å². The minimum Gasteiger partial charge on any atom is -0.302 e. The molecule has 0 saturated carbocycles. The van der Waals surface area contributed by atoms with Crippen molar-refractivity contribution in [2.75, 3.05) is 0 Å². The number of benzene rings is 1. The molecule has 6 nitrogen and oxygen atoms in total. The van der Waals surface area contributed by atoms with Crippen molar-refractivity contribution in [3.05, 3.63) is 86.2 Å². The second-order valence-corrected chi connectivity index (χ2v) is 9.59. The lowest BCUT2D eigenvalue weighted by Crippen LogP contribution is -2.30. The normalized spacial score (nSPS) is 13.0. The summed E-state index contributed by atoms with van der Waals surface area (Å²) < 4.78 is 4.48. The van der Waals surface area contributed by atoms with Crippen molar-refractivity contribution in [2.24, 2.45) is 12.5 Å². The van der Waals surface area contributed by atoms with Crippen LogP contribution in [-0.4, -0.2) is 25.1 Å². The van der Waals surface area contributed by atoms with Crippen LogP contribution in [0.2, 0.25) is 0 Å². The first-order valence-electron chi connectivity index (χ1n) is 10.2. The van der Waals surface area contributed by atoms with E-state index in [0.717, 1.165) is 22.5 Å². The summed E-state index contributed by atoms with van der Waals surface area (Å²) in [7, 11) is 1.69. The van der Waals surface area contributed by atoms with Crippen LogP contribution in [0.15, 0.2) is 65.8 Å². The average Bonchev–Trinajstić information content (AvgIpc) is 3.31. The second kappa shape index (κ2) is 8.51. The predicted octanol–water partition coefficient (Wildman–Crippen LogP) is 2.92. The second-order valence-electron chi connectivity index (χ2n) is 8.53. The van der Waals surface area contributed by atoms with Crippen LogP contribution in [0.1, 0.15) is 26.3 Å². The van der Waals surface area contributed by atoms with Gasteiger partial charge in [-0.1, -0.05) is 39.0 Å². The summed E-state index contributed by atoms with van der Waals surface area (Å²) >= 11 is 1.30. The third-order valence-electron chi connectivity index (χ3n) is 5.04. The van der Waals surface area contributed by atoms with Gasteiger partial charge < -0.3 is 4.57 Å². The highest BCUT2D eigenvalue weighted by atomic mass is 32.1. The molecule has 0 amide bonds. The van der Waals surface area contributed by atoms with E-state index in [2.05, 4.69) is 4.98 Å². The number of aromatic nitrogens is 4. The van der Waals surface area contributed by atoms with Gasteiger partial charge in [0.15, 0.2) is 5.78 Å². The van der Waals surface area contributed by atoms with Crippen LogP contribution in [0, 0.1) is 5.41 Å². The van der Waals surface area contributed by atoms with Crippen LogP contribution in [0.5, 0.6) is 0 Å². The molecule has 0 aliphatic rings. The van der Waals surface area contributed by atoms with Crippen molar-refractivity contribution in [2.45, 2.75) is 20.8 Å². The third-order valence-corrected chi connectivity index (χ3v) is 6.15. The van der Waals surface area contributed by atoms with Crippen molar-refractivity contribution in [1.29, 1.82) is 0 Å². The molecule has 0 saturated heterocycles. The summed E-state index contributed by atoms with van der Waals surface area (Å²) in [5.74, 6) is -0.0196. The molecule has 0 bridgehead atoms. The molecule has 0 radical (unpaired) electrons. The molecule has 0 unspecified atom stereocenters. The maximum atomic E-state index is 12.9. The molecule has 0 atom stereocenters. The summed E-state index contributed by atoms with van der Waals surface area (Å²) in [6.07, 6.45) is 8.76. The van der Waals surface area contributed by atoms with Crippen molar-refractivity contribution in [3.8, 4) is 16.9 Å². The van der Waals surface area contributed by atoms with Crippen LogP contribution in [0.25, 0.3) is 29.1 Å². The van der Waals surface area contributed by atoms with Gasteiger partial charge in [0, 0.05) is 48.3 Å². The highest BCUT2D eigenvalue weighted by Crippen LogP contribution is 2.23. The van der Waals surface area contributed by atoms with Gasteiger partial charge in [0.2, 0.25) is 0 Å². The summed E-state index contributed by atoms with van der Waals surface area (Å²) in [6, 6.07) is 13.6. The maximum Gasteiger partial charge on any atom is 0.268 e. The fourth-order valence-electron chi connectivity index (χ4n) is 3.11. The molecule has 0 N–H and O–H groups in total. The number of nitrogens with zero attached hydrogens (tertiary/aromatic N) is 4. The Morgan fingerprint density at radius 2 is 1.84 bits per heavy atom. The van der Waals surface area contributed by atoms with Crippen molar-refractivity contribution >= 4 is 29.3 Å². The monoisotopic (exact) mass is 444 g/mol. The Labute approximate surface area is 189 Å². The van der Waals surface area contributed by atoms with E-state index in [-0.39, 0.29) is 11.3 Å². The molecule has 4 rings (SSSR count). The number of ketones is 1. The fraction of sp³-hybridized carbons (Fsp3) is 0.200. The summed E-state index contributed by atoms with van der Waals surface area (Å²) in [6.45, 7) is 5.59. The van der Waals surface area contributed by atoms with E-state index in [4.69, 9.17) is 5.10 Å². The Hall–Kier alpha value is -3.58. The van der Waals surface area contributed by atoms with E-state index in [1.165, 1.54) is 15.9 Å². The number of para-hydroxylation sites is 1. The zero-order valence-corrected chi connectivity index (χ0v) is 19.3. The smallest absolute Gasteiger partial charge is 0.268 e. The first kappa shape index (κ1) is 21.6. The van der Waals surface area contributed by atoms with Gasteiger partial charge in [-0.05, 0) is 30.3 Å². The Morgan fingerprint density at radius 1 is 1.09 bits per heavy atom. The molecule has 3 heterocycles. The van der Waals surface area contributed by atoms with E-state index >= 15 is 0 Å². The number of hydrogen-bond acceptors (Lipinski definition) is 5. The zero-order chi connectivity index (χ0) is 22.9. The lowest BCUT2D eigenvalue weighted by atomic mass is 9.91. The number of rotatable bonds is 4. The largest absolute Gasteiger partial charge is 0.302 e. The van der Waals surface area contributed by atoms with E-state index in [1.807, 2.05) is 75.5 Å². The molecule has 4 aromatic rings. The van der Waals surface area contributed by atoms with Gasteiger partial charge in [-0.15, -0.1) is 11.3 Å². The van der Waals surface area contributed by atoms with Crippen LogP contribution < -0.4 is 14.8 Å². The van der Waals surface area contributed by atoms with E-state index in [1.54, 1.807) is 30.2 Å². The van der Waals surface area contributed by atoms with Gasteiger partial charge in [0.25, 0.3) is 5.56 Å². The Balaban J connectivity index is 1.90. The number of thiazole rings is 1. The Kier molecular flexibility index (Phi) is 5.76. The molecule has 7 heteroatoms. The Morgan fingerprint density at radius 3 is 2.50 bits per heavy atom. The number of Topliss-reactive ketones (excluding diaryl/α,β-unsaturated/α-hetero) is 1. The number of hydrogen-bond donors (Lipinski definition) is 0. The maximum absolute atomic E-state index is 12.9. The van der Waals surface area contributed by atoms with Crippen molar-refractivity contribution < 1.29 is 4.79 Å². The summed E-state index contributed by atoms with van der Waals surface area (Å²) in [5.41, 5.74) is 2.65. The Bertz CT molecular complexity index is 1440. The number of pyridine rings is 1. The van der Waals surface area contributed by atoms with Gasteiger partial charge in [-0.3, -0.25) is 14.6 Å². The van der Waals surface area contributed by atoms with Crippen LogP contribution in [0.3, 0.4) is 0 Å². The van der Waals surface area contributed by atoms with Gasteiger partial charge in [0.1, 0.15) is 10.4 Å².